The molecule has 0 saturated heterocycles. The zero-order valence-electron chi connectivity index (χ0n) is 11.5. The molecule has 4 nitrogen and oxygen atoms in total. The van der Waals surface area contributed by atoms with Crippen LogP contribution in [-0.4, -0.2) is 19.6 Å². The van der Waals surface area contributed by atoms with Gasteiger partial charge in [0, 0.05) is 5.56 Å². The van der Waals surface area contributed by atoms with Gasteiger partial charge in [0.05, 0.1) is 12.8 Å². The van der Waals surface area contributed by atoms with Crippen molar-refractivity contribution >= 4 is 11.6 Å². The van der Waals surface area contributed by atoms with Gasteiger partial charge in [-0.05, 0) is 24.0 Å². The summed E-state index contributed by atoms with van der Waals surface area (Å²) in [6.07, 6.45) is 0. The van der Waals surface area contributed by atoms with E-state index in [1.807, 2.05) is 13.0 Å². The van der Waals surface area contributed by atoms with Crippen molar-refractivity contribution < 1.29 is 14.3 Å². The molecule has 0 aromatic heterocycles. The van der Waals surface area contributed by atoms with Crippen LogP contribution in [0.4, 0.5) is 5.69 Å². The lowest BCUT2D eigenvalue weighted by Gasteiger charge is -2.30. The number of fused-ring (bicyclic) bond motifs is 1. The van der Waals surface area contributed by atoms with E-state index in [0.717, 1.165) is 28.3 Å². The average molecular weight is 249 g/mol. The lowest BCUT2D eigenvalue weighted by atomic mass is 9.84. The van der Waals surface area contributed by atoms with Gasteiger partial charge in [0.2, 0.25) is 0 Å². The van der Waals surface area contributed by atoms with Crippen LogP contribution in [0.3, 0.4) is 0 Å². The minimum Gasteiger partial charge on any atom is -0.496 e. The van der Waals surface area contributed by atoms with Gasteiger partial charge in [-0.3, -0.25) is 4.79 Å². The second-order valence-electron chi connectivity index (χ2n) is 5.56. The first-order chi connectivity index (χ1) is 8.34. The second kappa shape index (κ2) is 4.19. The highest BCUT2D eigenvalue weighted by Crippen LogP contribution is 2.46. The van der Waals surface area contributed by atoms with E-state index in [2.05, 4.69) is 26.1 Å². The molecule has 0 bridgehead atoms. The maximum absolute atomic E-state index is 11.4. The molecular weight excluding hydrogens is 230 g/mol. The molecule has 1 aliphatic rings. The number of hydrogen-bond donors (Lipinski definition) is 1. The number of ether oxygens (including phenoxy) is 2. The first kappa shape index (κ1) is 12.7. The maximum atomic E-state index is 11.4. The van der Waals surface area contributed by atoms with Crippen LogP contribution in [0.25, 0.3) is 0 Å². The summed E-state index contributed by atoms with van der Waals surface area (Å²) in [6.45, 7) is 8.28. The molecule has 1 amide bonds. The summed E-state index contributed by atoms with van der Waals surface area (Å²) in [5.41, 5.74) is 2.58. The van der Waals surface area contributed by atoms with E-state index in [4.69, 9.17) is 9.47 Å². The van der Waals surface area contributed by atoms with Gasteiger partial charge in [0.15, 0.2) is 12.4 Å². The number of benzene rings is 1. The number of carbonyl (C=O) groups excluding carboxylic acids is 1. The largest absolute Gasteiger partial charge is 0.496 e. The molecule has 0 atom stereocenters. The fourth-order valence-electron chi connectivity index (χ4n) is 2.24. The summed E-state index contributed by atoms with van der Waals surface area (Å²) in [5.74, 6) is 1.42. The quantitative estimate of drug-likeness (QED) is 0.832. The van der Waals surface area contributed by atoms with E-state index < -0.39 is 0 Å². The molecule has 0 aliphatic carbocycles. The minimum absolute atomic E-state index is 0.0582. The number of rotatable bonds is 1. The van der Waals surface area contributed by atoms with E-state index in [1.54, 1.807) is 7.11 Å². The van der Waals surface area contributed by atoms with Gasteiger partial charge >= 0.3 is 0 Å². The van der Waals surface area contributed by atoms with Crippen LogP contribution < -0.4 is 14.8 Å². The van der Waals surface area contributed by atoms with Crippen molar-refractivity contribution in [2.24, 2.45) is 0 Å². The average Bonchev–Trinajstić information content (AvgIpc) is 2.27. The Hall–Kier alpha value is -1.71. The SMILES string of the molecule is COc1cc(C)c2c(c1C(C)(C)C)OCC(=O)N2. The summed E-state index contributed by atoms with van der Waals surface area (Å²) in [5, 5.41) is 2.87. The predicted molar refractivity (Wildman–Crippen MR) is 70.6 cm³/mol. The summed E-state index contributed by atoms with van der Waals surface area (Å²) >= 11 is 0. The van der Waals surface area contributed by atoms with Gasteiger partial charge in [-0.2, -0.15) is 0 Å². The van der Waals surface area contributed by atoms with Crippen LogP contribution in [0, 0.1) is 6.92 Å². The van der Waals surface area contributed by atoms with Crippen molar-refractivity contribution in [2.75, 3.05) is 19.0 Å². The number of aryl methyl sites for hydroxylation is 1. The van der Waals surface area contributed by atoms with Crippen LogP contribution in [0.2, 0.25) is 0 Å². The third kappa shape index (κ3) is 2.03. The highest BCUT2D eigenvalue weighted by atomic mass is 16.5. The molecule has 18 heavy (non-hydrogen) atoms. The Labute approximate surface area is 107 Å². The molecule has 0 radical (unpaired) electrons. The van der Waals surface area contributed by atoms with Gasteiger partial charge in [-0.1, -0.05) is 20.8 Å². The van der Waals surface area contributed by atoms with Crippen molar-refractivity contribution in [3.05, 3.63) is 17.2 Å². The van der Waals surface area contributed by atoms with Crippen molar-refractivity contribution in [2.45, 2.75) is 33.1 Å². The van der Waals surface area contributed by atoms with Crippen LogP contribution >= 0.6 is 0 Å². The van der Waals surface area contributed by atoms with Gasteiger partial charge in [-0.15, -0.1) is 0 Å². The molecule has 0 fully saturated rings. The molecule has 4 heteroatoms. The van der Waals surface area contributed by atoms with Crippen LogP contribution in [-0.2, 0) is 10.2 Å². The molecule has 0 saturated carbocycles. The first-order valence-corrected chi connectivity index (χ1v) is 5.99. The predicted octanol–water partition coefficient (Wildman–Crippen LogP) is 2.63. The first-order valence-electron chi connectivity index (χ1n) is 5.99. The minimum atomic E-state index is -0.120. The van der Waals surface area contributed by atoms with Crippen molar-refractivity contribution in [1.29, 1.82) is 0 Å². The Bertz CT molecular complexity index is 501. The molecule has 0 unspecified atom stereocenters. The number of anilines is 1. The monoisotopic (exact) mass is 249 g/mol. The third-order valence-electron chi connectivity index (χ3n) is 3.02. The Morgan fingerprint density at radius 1 is 1.39 bits per heavy atom. The Balaban J connectivity index is 2.71. The summed E-state index contributed by atoms with van der Waals surface area (Å²) in [7, 11) is 1.65. The van der Waals surface area contributed by atoms with E-state index in [-0.39, 0.29) is 17.9 Å². The molecule has 2 rings (SSSR count). The topological polar surface area (TPSA) is 47.6 Å². The molecular formula is C14H19NO3. The van der Waals surface area contributed by atoms with E-state index in [1.165, 1.54) is 0 Å². The van der Waals surface area contributed by atoms with Crippen LogP contribution in [0.15, 0.2) is 6.07 Å². The molecule has 1 aromatic carbocycles. The fraction of sp³-hybridized carbons (Fsp3) is 0.500. The zero-order valence-corrected chi connectivity index (χ0v) is 11.5. The van der Waals surface area contributed by atoms with E-state index >= 15 is 0 Å². The second-order valence-corrected chi connectivity index (χ2v) is 5.56. The van der Waals surface area contributed by atoms with E-state index in [9.17, 15) is 4.79 Å². The fourth-order valence-corrected chi connectivity index (χ4v) is 2.24. The van der Waals surface area contributed by atoms with E-state index in [0.29, 0.717) is 0 Å². The van der Waals surface area contributed by atoms with Crippen molar-refractivity contribution in [1.82, 2.24) is 0 Å². The molecule has 1 aromatic rings. The Kier molecular flexibility index (Phi) is 2.97. The summed E-state index contributed by atoms with van der Waals surface area (Å²) < 4.78 is 11.1. The van der Waals surface area contributed by atoms with Gasteiger partial charge in [0.25, 0.3) is 5.91 Å². The molecule has 1 aliphatic heterocycles. The highest BCUT2D eigenvalue weighted by Gasteiger charge is 2.30. The number of nitrogens with one attached hydrogen (secondary N) is 1. The van der Waals surface area contributed by atoms with Gasteiger partial charge in [0.1, 0.15) is 5.75 Å². The number of carbonyl (C=O) groups is 1. The standard InChI is InChI=1S/C14H19NO3/c1-8-6-9(17-5)11(14(2,3)4)13-12(8)15-10(16)7-18-13/h6H,7H2,1-5H3,(H,15,16). The molecule has 0 spiro atoms. The highest BCUT2D eigenvalue weighted by molar-refractivity contribution is 5.97. The number of amides is 1. The van der Waals surface area contributed by atoms with Crippen LogP contribution in [0.5, 0.6) is 11.5 Å². The van der Waals surface area contributed by atoms with Crippen molar-refractivity contribution in [3.63, 3.8) is 0 Å². The lowest BCUT2D eigenvalue weighted by molar-refractivity contribution is -0.118. The number of methoxy groups -OCH3 is 1. The third-order valence-corrected chi connectivity index (χ3v) is 3.02. The summed E-state index contributed by atoms with van der Waals surface area (Å²) in [6, 6.07) is 1.94. The maximum Gasteiger partial charge on any atom is 0.262 e. The normalized spacial score (nSPS) is 14.6. The summed E-state index contributed by atoms with van der Waals surface area (Å²) in [4.78, 5) is 11.4. The molecule has 98 valence electrons. The molecule has 1 N–H and O–H groups in total. The smallest absolute Gasteiger partial charge is 0.262 e. The lowest BCUT2D eigenvalue weighted by Crippen LogP contribution is -2.28. The molecule has 1 heterocycles. The van der Waals surface area contributed by atoms with Gasteiger partial charge in [-0.25, -0.2) is 0 Å². The van der Waals surface area contributed by atoms with Crippen LogP contribution in [0.1, 0.15) is 31.9 Å². The van der Waals surface area contributed by atoms with Gasteiger partial charge < -0.3 is 14.8 Å². The van der Waals surface area contributed by atoms with Crippen molar-refractivity contribution in [3.8, 4) is 11.5 Å². The number of hydrogen-bond acceptors (Lipinski definition) is 3. The Morgan fingerprint density at radius 2 is 2.06 bits per heavy atom. The zero-order chi connectivity index (χ0) is 13.5. The Morgan fingerprint density at radius 3 is 2.61 bits per heavy atom.